The third-order valence-electron chi connectivity index (χ3n) is 4.54. The number of hydrogen-bond acceptors (Lipinski definition) is 5. The van der Waals surface area contributed by atoms with Crippen molar-refractivity contribution in [2.75, 3.05) is 25.1 Å². The zero-order valence-corrected chi connectivity index (χ0v) is 12.3. The molecule has 2 fully saturated rings. The molecule has 4 rings (SSSR count). The minimum atomic E-state index is 0.503. The Hall–Kier alpha value is -0.100. The molecule has 0 spiro atoms. The lowest BCUT2D eigenvalue weighted by molar-refractivity contribution is 0.226. The number of thiazole rings is 1. The summed E-state index contributed by atoms with van der Waals surface area (Å²) in [5.41, 5.74) is 1.41. The second-order valence-electron chi connectivity index (χ2n) is 5.56. The molecule has 3 atom stereocenters. The Labute approximate surface area is 116 Å². The van der Waals surface area contributed by atoms with Crippen LogP contribution in [0.4, 0.5) is 0 Å². The summed E-state index contributed by atoms with van der Waals surface area (Å²) < 4.78 is 0. The van der Waals surface area contributed by atoms with Crippen LogP contribution < -0.4 is 5.32 Å². The number of nitrogens with one attached hydrogen (secondary N) is 1. The van der Waals surface area contributed by atoms with Gasteiger partial charge in [-0.15, -0.1) is 11.3 Å². The molecule has 2 saturated heterocycles. The number of fused-ring (bicyclic) bond motifs is 4. The minimum absolute atomic E-state index is 0.503. The summed E-state index contributed by atoms with van der Waals surface area (Å²) in [6.45, 7) is 1.13. The summed E-state index contributed by atoms with van der Waals surface area (Å²) in [5.74, 6) is 2.44. The molecule has 98 valence electrons. The van der Waals surface area contributed by atoms with Gasteiger partial charge in [0.1, 0.15) is 5.01 Å². The summed E-state index contributed by atoms with van der Waals surface area (Å²) in [6, 6.07) is 1.93. The summed E-state index contributed by atoms with van der Waals surface area (Å²) in [7, 11) is 2.29. The maximum Gasteiger partial charge on any atom is 0.111 e. The van der Waals surface area contributed by atoms with Crippen molar-refractivity contribution in [3.8, 4) is 0 Å². The van der Waals surface area contributed by atoms with E-state index < -0.39 is 0 Å². The van der Waals surface area contributed by atoms with Crippen molar-refractivity contribution in [1.29, 1.82) is 0 Å². The van der Waals surface area contributed by atoms with Gasteiger partial charge in [0, 0.05) is 41.4 Å². The largest absolute Gasteiger partial charge is 0.306 e. The maximum absolute atomic E-state index is 4.97. The number of aromatic nitrogens is 1. The number of rotatable bonds is 1. The van der Waals surface area contributed by atoms with Crippen LogP contribution >= 0.6 is 23.1 Å². The second kappa shape index (κ2) is 4.47. The van der Waals surface area contributed by atoms with Crippen LogP contribution in [0.5, 0.6) is 0 Å². The van der Waals surface area contributed by atoms with Crippen LogP contribution in [-0.2, 0) is 6.42 Å². The fourth-order valence-corrected chi connectivity index (χ4v) is 5.86. The molecular weight excluding hydrogens is 262 g/mol. The lowest BCUT2D eigenvalue weighted by Crippen LogP contribution is -2.33. The molecule has 3 nitrogen and oxygen atoms in total. The lowest BCUT2D eigenvalue weighted by Gasteiger charge is -2.29. The highest BCUT2D eigenvalue weighted by molar-refractivity contribution is 7.99. The first-order valence-corrected chi connectivity index (χ1v) is 8.82. The molecule has 0 aliphatic carbocycles. The Balaban J connectivity index is 1.65. The Morgan fingerprint density at radius 3 is 3.17 bits per heavy atom. The van der Waals surface area contributed by atoms with E-state index in [1.807, 2.05) is 11.3 Å². The topological polar surface area (TPSA) is 28.2 Å². The second-order valence-corrected chi connectivity index (χ2v) is 7.77. The Kier molecular flexibility index (Phi) is 2.91. The van der Waals surface area contributed by atoms with E-state index in [2.05, 4.69) is 29.0 Å². The highest BCUT2D eigenvalue weighted by atomic mass is 32.2. The SMILES string of the molecule is CN1C2CCC1c1sc(C3CSCCN3)nc1C2. The molecule has 3 aliphatic heterocycles. The number of likely N-dealkylation sites (N-methyl/N-ethyl adjacent to an activating group) is 1. The number of thioether (sulfide) groups is 1. The van der Waals surface area contributed by atoms with Crippen molar-refractivity contribution >= 4 is 23.1 Å². The summed E-state index contributed by atoms with van der Waals surface area (Å²) >= 11 is 4.03. The standard InChI is InChI=1S/C13H19N3S2/c1-16-8-2-3-11(16)12-9(6-8)15-13(18-12)10-7-17-5-4-14-10/h8,10-11,14H,2-7H2,1H3. The normalized spacial score (nSPS) is 35.7. The molecule has 18 heavy (non-hydrogen) atoms. The summed E-state index contributed by atoms with van der Waals surface area (Å²) in [5, 5.41) is 4.95. The zero-order valence-electron chi connectivity index (χ0n) is 10.7. The third-order valence-corrected chi connectivity index (χ3v) is 6.91. The molecule has 1 aromatic rings. The quantitative estimate of drug-likeness (QED) is 0.854. The van der Waals surface area contributed by atoms with Gasteiger partial charge in [0.15, 0.2) is 0 Å². The first kappa shape index (κ1) is 11.7. The average molecular weight is 281 g/mol. The summed E-state index contributed by atoms with van der Waals surface area (Å²) in [6.07, 6.45) is 3.87. The predicted octanol–water partition coefficient (Wildman–Crippen LogP) is 2.21. The van der Waals surface area contributed by atoms with E-state index in [4.69, 9.17) is 4.98 Å². The molecule has 5 heteroatoms. The van der Waals surface area contributed by atoms with E-state index in [1.165, 1.54) is 41.5 Å². The smallest absolute Gasteiger partial charge is 0.111 e. The third kappa shape index (κ3) is 1.75. The van der Waals surface area contributed by atoms with E-state index in [0.717, 1.165) is 12.6 Å². The molecule has 0 saturated carbocycles. The van der Waals surface area contributed by atoms with Crippen molar-refractivity contribution in [1.82, 2.24) is 15.2 Å². The van der Waals surface area contributed by atoms with E-state index >= 15 is 0 Å². The minimum Gasteiger partial charge on any atom is -0.306 e. The molecular formula is C13H19N3S2. The van der Waals surface area contributed by atoms with Gasteiger partial charge in [-0.25, -0.2) is 4.98 Å². The van der Waals surface area contributed by atoms with Gasteiger partial charge in [-0.05, 0) is 19.9 Å². The summed E-state index contributed by atoms with van der Waals surface area (Å²) in [4.78, 5) is 9.11. The van der Waals surface area contributed by atoms with Gasteiger partial charge < -0.3 is 5.32 Å². The first-order chi connectivity index (χ1) is 8.83. The Morgan fingerprint density at radius 2 is 2.33 bits per heavy atom. The molecule has 2 bridgehead atoms. The van der Waals surface area contributed by atoms with Gasteiger partial charge in [0.05, 0.1) is 11.7 Å². The van der Waals surface area contributed by atoms with Crippen molar-refractivity contribution < 1.29 is 0 Å². The van der Waals surface area contributed by atoms with Gasteiger partial charge in [0.25, 0.3) is 0 Å². The van der Waals surface area contributed by atoms with Gasteiger partial charge >= 0.3 is 0 Å². The molecule has 3 aliphatic rings. The molecule has 4 heterocycles. The zero-order chi connectivity index (χ0) is 12.1. The highest BCUT2D eigenvalue weighted by Gasteiger charge is 2.40. The van der Waals surface area contributed by atoms with E-state index in [-0.39, 0.29) is 0 Å². The van der Waals surface area contributed by atoms with Gasteiger partial charge in [0.2, 0.25) is 0 Å². The molecule has 0 amide bonds. The van der Waals surface area contributed by atoms with Crippen molar-refractivity contribution in [3.05, 3.63) is 15.6 Å². The molecule has 0 aromatic carbocycles. The predicted molar refractivity (Wildman–Crippen MR) is 77.4 cm³/mol. The highest BCUT2D eigenvalue weighted by Crippen LogP contribution is 2.45. The van der Waals surface area contributed by atoms with E-state index in [1.54, 1.807) is 4.88 Å². The number of hydrogen-bond donors (Lipinski definition) is 1. The Morgan fingerprint density at radius 1 is 1.39 bits per heavy atom. The van der Waals surface area contributed by atoms with Gasteiger partial charge in [-0.2, -0.15) is 11.8 Å². The van der Waals surface area contributed by atoms with E-state index in [9.17, 15) is 0 Å². The lowest BCUT2D eigenvalue weighted by atomic mass is 10.1. The van der Waals surface area contributed by atoms with Crippen molar-refractivity contribution in [2.45, 2.75) is 37.4 Å². The first-order valence-electron chi connectivity index (χ1n) is 6.85. The average Bonchev–Trinajstić information content (AvgIpc) is 2.93. The van der Waals surface area contributed by atoms with Crippen LogP contribution in [0.2, 0.25) is 0 Å². The fourth-order valence-electron chi connectivity index (χ4n) is 3.46. The molecule has 3 unspecified atom stereocenters. The van der Waals surface area contributed by atoms with Crippen LogP contribution in [0, 0.1) is 0 Å². The van der Waals surface area contributed by atoms with E-state index in [0.29, 0.717) is 12.1 Å². The van der Waals surface area contributed by atoms with Crippen LogP contribution in [0.15, 0.2) is 0 Å². The molecule has 1 N–H and O–H groups in total. The number of nitrogens with zero attached hydrogens (tertiary/aromatic N) is 2. The van der Waals surface area contributed by atoms with Crippen LogP contribution in [-0.4, -0.2) is 41.0 Å². The van der Waals surface area contributed by atoms with Gasteiger partial charge in [-0.1, -0.05) is 0 Å². The van der Waals surface area contributed by atoms with Crippen molar-refractivity contribution in [3.63, 3.8) is 0 Å². The van der Waals surface area contributed by atoms with Gasteiger partial charge in [-0.3, -0.25) is 4.90 Å². The van der Waals surface area contributed by atoms with Crippen LogP contribution in [0.25, 0.3) is 0 Å². The van der Waals surface area contributed by atoms with Crippen LogP contribution in [0.3, 0.4) is 0 Å². The molecule has 1 aromatic heterocycles. The Bertz CT molecular complexity index is 453. The van der Waals surface area contributed by atoms with Crippen molar-refractivity contribution in [2.24, 2.45) is 0 Å². The molecule has 0 radical (unpaired) electrons. The monoisotopic (exact) mass is 281 g/mol. The maximum atomic E-state index is 4.97. The fraction of sp³-hybridized carbons (Fsp3) is 0.769. The van der Waals surface area contributed by atoms with Crippen LogP contribution in [0.1, 0.15) is 40.5 Å².